The maximum atomic E-state index is 5.39. The Morgan fingerprint density at radius 1 is 1.00 bits per heavy atom. The Morgan fingerprint density at radius 2 is 1.71 bits per heavy atom. The third kappa shape index (κ3) is 5.82. The summed E-state index contributed by atoms with van der Waals surface area (Å²) in [6, 6.07) is 8.50. The van der Waals surface area contributed by atoms with Gasteiger partial charge >= 0.3 is 0 Å². The van der Waals surface area contributed by atoms with Crippen LogP contribution in [-0.2, 0) is 20.8 Å². The topological polar surface area (TPSA) is 27.7 Å². The second-order valence-corrected chi connectivity index (χ2v) is 4.26. The molecule has 0 radical (unpaired) electrons. The summed E-state index contributed by atoms with van der Waals surface area (Å²) in [4.78, 5) is 0. The summed E-state index contributed by atoms with van der Waals surface area (Å²) >= 11 is 0. The lowest BCUT2D eigenvalue weighted by Crippen LogP contribution is -2.05. The van der Waals surface area contributed by atoms with Crippen LogP contribution in [0.4, 0.5) is 0 Å². The Kier molecular flexibility index (Phi) is 6.86. The number of ether oxygens (including phenoxy) is 3. The molecule has 0 unspecified atom stereocenters. The molecule has 0 spiro atoms. The molecule has 0 saturated heterocycles. The Hall–Kier alpha value is -0.900. The summed E-state index contributed by atoms with van der Waals surface area (Å²) in [7, 11) is 1.65. The number of benzene rings is 1. The molecule has 0 saturated carbocycles. The van der Waals surface area contributed by atoms with E-state index in [0.29, 0.717) is 32.5 Å². The molecule has 1 aromatic rings. The number of methoxy groups -OCH3 is 1. The average Bonchev–Trinajstić information content (AvgIpc) is 2.34. The van der Waals surface area contributed by atoms with E-state index in [2.05, 4.69) is 38.1 Å². The van der Waals surface area contributed by atoms with Gasteiger partial charge in [0.2, 0.25) is 0 Å². The molecule has 1 rings (SSSR count). The highest BCUT2D eigenvalue weighted by Crippen LogP contribution is 2.14. The van der Waals surface area contributed by atoms with Gasteiger partial charge in [-0.2, -0.15) is 0 Å². The van der Waals surface area contributed by atoms with Crippen molar-refractivity contribution in [1.29, 1.82) is 0 Å². The standard InChI is InChI=1S/C14H22O3/c1-12(2)14-6-4-13(5-7-14)10-17-11-16-9-8-15-3/h4-7,12H,8-11H2,1-3H3. The highest BCUT2D eigenvalue weighted by Gasteiger charge is 1.99. The van der Waals surface area contributed by atoms with Crippen LogP contribution in [0, 0.1) is 0 Å². The quantitative estimate of drug-likeness (QED) is 0.515. The molecule has 96 valence electrons. The molecule has 17 heavy (non-hydrogen) atoms. The molecule has 0 atom stereocenters. The first-order valence-corrected chi connectivity index (χ1v) is 5.97. The zero-order chi connectivity index (χ0) is 12.5. The summed E-state index contributed by atoms with van der Waals surface area (Å²) in [6.07, 6.45) is 0. The molecular formula is C14H22O3. The van der Waals surface area contributed by atoms with Crippen molar-refractivity contribution in [2.45, 2.75) is 26.4 Å². The van der Waals surface area contributed by atoms with E-state index >= 15 is 0 Å². The van der Waals surface area contributed by atoms with Crippen LogP contribution in [0.25, 0.3) is 0 Å². The monoisotopic (exact) mass is 238 g/mol. The van der Waals surface area contributed by atoms with Crippen molar-refractivity contribution in [3.8, 4) is 0 Å². The maximum Gasteiger partial charge on any atom is 0.147 e. The fraction of sp³-hybridized carbons (Fsp3) is 0.571. The van der Waals surface area contributed by atoms with Crippen LogP contribution in [-0.4, -0.2) is 27.1 Å². The van der Waals surface area contributed by atoms with E-state index in [9.17, 15) is 0 Å². The minimum absolute atomic E-state index is 0.315. The van der Waals surface area contributed by atoms with Gasteiger partial charge < -0.3 is 14.2 Å². The van der Waals surface area contributed by atoms with Gasteiger partial charge in [-0.15, -0.1) is 0 Å². The van der Waals surface area contributed by atoms with E-state index in [4.69, 9.17) is 14.2 Å². The first kappa shape index (κ1) is 14.2. The van der Waals surface area contributed by atoms with Crippen LogP contribution in [0.2, 0.25) is 0 Å². The second kappa shape index (κ2) is 8.23. The van der Waals surface area contributed by atoms with E-state index < -0.39 is 0 Å². The van der Waals surface area contributed by atoms with Gasteiger partial charge in [0, 0.05) is 7.11 Å². The van der Waals surface area contributed by atoms with Crippen molar-refractivity contribution in [3.05, 3.63) is 35.4 Å². The highest BCUT2D eigenvalue weighted by atomic mass is 16.7. The minimum Gasteiger partial charge on any atom is -0.382 e. The summed E-state index contributed by atoms with van der Waals surface area (Å²) in [5, 5.41) is 0. The van der Waals surface area contributed by atoms with Crippen molar-refractivity contribution in [2.24, 2.45) is 0 Å². The predicted octanol–water partition coefficient (Wildman–Crippen LogP) is 2.95. The van der Waals surface area contributed by atoms with Crippen molar-refractivity contribution < 1.29 is 14.2 Å². The summed E-state index contributed by atoms with van der Waals surface area (Å²) in [6.45, 7) is 6.46. The molecule has 0 heterocycles. The average molecular weight is 238 g/mol. The lowest BCUT2D eigenvalue weighted by molar-refractivity contribution is -0.0724. The summed E-state index contributed by atoms with van der Waals surface area (Å²) in [5.74, 6) is 0.572. The smallest absolute Gasteiger partial charge is 0.147 e. The molecule has 0 amide bonds. The molecule has 1 aromatic carbocycles. The number of hydrogen-bond donors (Lipinski definition) is 0. The van der Waals surface area contributed by atoms with Gasteiger partial charge in [0.1, 0.15) is 6.79 Å². The zero-order valence-electron chi connectivity index (χ0n) is 10.9. The highest BCUT2D eigenvalue weighted by molar-refractivity contribution is 5.24. The maximum absolute atomic E-state index is 5.39. The number of rotatable bonds is 8. The van der Waals surface area contributed by atoms with Gasteiger partial charge in [0.05, 0.1) is 19.8 Å². The molecule has 0 aliphatic heterocycles. The Labute approximate surface area is 104 Å². The summed E-state index contributed by atoms with van der Waals surface area (Å²) in [5.41, 5.74) is 2.52. The van der Waals surface area contributed by atoms with Crippen molar-refractivity contribution in [3.63, 3.8) is 0 Å². The van der Waals surface area contributed by atoms with Gasteiger partial charge in [-0.05, 0) is 17.0 Å². The van der Waals surface area contributed by atoms with E-state index in [1.165, 1.54) is 11.1 Å². The van der Waals surface area contributed by atoms with Gasteiger partial charge in [-0.1, -0.05) is 38.1 Å². The van der Waals surface area contributed by atoms with Gasteiger partial charge in [0.15, 0.2) is 0 Å². The molecular weight excluding hydrogens is 216 g/mol. The fourth-order valence-corrected chi connectivity index (χ4v) is 1.42. The van der Waals surface area contributed by atoms with Crippen molar-refractivity contribution >= 4 is 0 Å². The van der Waals surface area contributed by atoms with Crippen LogP contribution < -0.4 is 0 Å². The first-order chi connectivity index (χ1) is 8.24. The number of hydrogen-bond acceptors (Lipinski definition) is 3. The van der Waals surface area contributed by atoms with E-state index in [-0.39, 0.29) is 0 Å². The zero-order valence-corrected chi connectivity index (χ0v) is 10.9. The van der Waals surface area contributed by atoms with Gasteiger partial charge in [-0.3, -0.25) is 0 Å². The predicted molar refractivity (Wildman–Crippen MR) is 68.0 cm³/mol. The van der Waals surface area contributed by atoms with Crippen LogP contribution in [0.3, 0.4) is 0 Å². The minimum atomic E-state index is 0.315. The summed E-state index contributed by atoms with van der Waals surface area (Å²) < 4.78 is 15.5. The largest absolute Gasteiger partial charge is 0.382 e. The molecule has 3 nitrogen and oxygen atoms in total. The lowest BCUT2D eigenvalue weighted by Gasteiger charge is -2.08. The van der Waals surface area contributed by atoms with E-state index in [1.54, 1.807) is 7.11 Å². The van der Waals surface area contributed by atoms with Crippen molar-refractivity contribution in [2.75, 3.05) is 27.1 Å². The molecule has 0 aliphatic carbocycles. The molecule has 0 aromatic heterocycles. The van der Waals surface area contributed by atoms with Crippen LogP contribution in [0.5, 0.6) is 0 Å². The molecule has 0 N–H and O–H groups in total. The van der Waals surface area contributed by atoms with Gasteiger partial charge in [-0.25, -0.2) is 0 Å². The van der Waals surface area contributed by atoms with Crippen LogP contribution in [0.15, 0.2) is 24.3 Å². The molecule has 3 heteroatoms. The van der Waals surface area contributed by atoms with Crippen LogP contribution >= 0.6 is 0 Å². The normalized spacial score (nSPS) is 11.1. The van der Waals surface area contributed by atoms with E-state index in [0.717, 1.165) is 0 Å². The molecule has 0 fully saturated rings. The van der Waals surface area contributed by atoms with Crippen LogP contribution in [0.1, 0.15) is 30.9 Å². The van der Waals surface area contributed by atoms with Gasteiger partial charge in [0.25, 0.3) is 0 Å². The Bertz CT molecular complexity index is 293. The fourth-order valence-electron chi connectivity index (χ4n) is 1.42. The second-order valence-electron chi connectivity index (χ2n) is 4.26. The Morgan fingerprint density at radius 3 is 2.29 bits per heavy atom. The molecule has 0 bridgehead atoms. The molecule has 0 aliphatic rings. The third-order valence-electron chi connectivity index (χ3n) is 2.51. The third-order valence-corrected chi connectivity index (χ3v) is 2.51. The van der Waals surface area contributed by atoms with Crippen molar-refractivity contribution in [1.82, 2.24) is 0 Å². The Balaban J connectivity index is 2.19. The SMILES string of the molecule is COCCOCOCc1ccc(C(C)C)cc1. The van der Waals surface area contributed by atoms with E-state index in [1.807, 2.05) is 0 Å². The first-order valence-electron chi connectivity index (χ1n) is 5.97. The lowest BCUT2D eigenvalue weighted by atomic mass is 10.0.